The molecule has 0 aliphatic carbocycles. The lowest BCUT2D eigenvalue weighted by atomic mass is 10.1. The van der Waals surface area contributed by atoms with Crippen LogP contribution in [-0.2, 0) is 6.54 Å². The van der Waals surface area contributed by atoms with Crippen LogP contribution in [0.25, 0.3) is 21.7 Å². The summed E-state index contributed by atoms with van der Waals surface area (Å²) in [5, 5.41) is 3.73. The fraction of sp³-hybridized carbons (Fsp3) is 0.280. The zero-order chi connectivity index (χ0) is 20.8. The van der Waals surface area contributed by atoms with E-state index in [1.54, 1.807) is 6.07 Å². The minimum Gasteiger partial charge on any atom is -0.361 e. The van der Waals surface area contributed by atoms with Crippen molar-refractivity contribution in [2.45, 2.75) is 11.4 Å². The summed E-state index contributed by atoms with van der Waals surface area (Å²) in [6.45, 7) is 7.22. The Morgan fingerprint density at radius 2 is 1.71 bits per heavy atom. The lowest BCUT2D eigenvalue weighted by Crippen LogP contribution is -2.47. The number of aromatic nitrogens is 1. The highest BCUT2D eigenvalue weighted by molar-refractivity contribution is 8.01. The van der Waals surface area contributed by atoms with E-state index in [1.165, 1.54) is 33.0 Å². The van der Waals surface area contributed by atoms with Gasteiger partial charge in [-0.15, -0.1) is 0 Å². The maximum Gasteiger partial charge on any atom is 0.123 e. The van der Waals surface area contributed by atoms with Gasteiger partial charge in [-0.1, -0.05) is 24.3 Å². The van der Waals surface area contributed by atoms with Crippen LogP contribution in [-0.4, -0.2) is 54.1 Å². The number of halogens is 1. The smallest absolute Gasteiger partial charge is 0.123 e. The number of hydrogen-bond acceptors (Lipinski definition) is 4. The molecule has 0 radical (unpaired) electrons. The van der Waals surface area contributed by atoms with Gasteiger partial charge in [-0.2, -0.15) is 0 Å². The molecule has 0 amide bonds. The molecule has 1 fully saturated rings. The highest BCUT2D eigenvalue weighted by Crippen LogP contribution is 2.45. The van der Waals surface area contributed by atoms with E-state index < -0.39 is 0 Å². The van der Waals surface area contributed by atoms with Gasteiger partial charge < -0.3 is 9.29 Å². The van der Waals surface area contributed by atoms with Crippen molar-refractivity contribution in [3.63, 3.8) is 0 Å². The molecule has 1 aromatic heterocycles. The van der Waals surface area contributed by atoms with Crippen LogP contribution < -0.4 is 4.31 Å². The zero-order valence-electron chi connectivity index (χ0n) is 17.4. The molecule has 0 saturated carbocycles. The zero-order valence-corrected chi connectivity index (χ0v) is 18.2. The Kier molecular flexibility index (Phi) is 4.86. The van der Waals surface area contributed by atoms with Crippen LogP contribution in [0.15, 0.2) is 65.7 Å². The molecular formula is C25H25FN4S. The number of piperazine rings is 1. The van der Waals surface area contributed by atoms with Crippen LogP contribution in [0.2, 0.25) is 0 Å². The average Bonchev–Trinajstić information content (AvgIpc) is 3.36. The van der Waals surface area contributed by atoms with Crippen LogP contribution >= 0.6 is 11.9 Å². The number of benzene rings is 3. The van der Waals surface area contributed by atoms with Gasteiger partial charge in [0.1, 0.15) is 5.82 Å². The van der Waals surface area contributed by atoms with E-state index in [0.29, 0.717) is 0 Å². The molecule has 3 heterocycles. The van der Waals surface area contributed by atoms with E-state index in [9.17, 15) is 4.39 Å². The minimum absolute atomic E-state index is 0.171. The SMILES string of the molecule is Fc1ccc2[nH]cc(CN3CCN(CCN4Sc5cccc6cccc4c56)CC3)c2c1. The summed E-state index contributed by atoms with van der Waals surface area (Å²) in [6.07, 6.45) is 2.03. The molecule has 0 spiro atoms. The molecule has 1 saturated heterocycles. The van der Waals surface area contributed by atoms with Crippen LogP contribution in [0.3, 0.4) is 0 Å². The molecule has 0 atom stereocenters. The number of nitrogens with zero attached hydrogens (tertiary/aromatic N) is 3. The normalized spacial score (nSPS) is 17.3. The Hall–Kier alpha value is -2.54. The molecule has 1 N–H and O–H groups in total. The predicted molar refractivity (Wildman–Crippen MR) is 127 cm³/mol. The van der Waals surface area contributed by atoms with Gasteiger partial charge in [0.05, 0.1) is 5.69 Å². The fourth-order valence-corrected chi connectivity index (χ4v) is 5.94. The van der Waals surface area contributed by atoms with Crippen molar-refractivity contribution in [2.24, 2.45) is 0 Å². The van der Waals surface area contributed by atoms with Gasteiger partial charge in [0.15, 0.2) is 0 Å². The van der Waals surface area contributed by atoms with Crippen LogP contribution in [0.1, 0.15) is 5.56 Å². The molecular weight excluding hydrogens is 407 g/mol. The van der Waals surface area contributed by atoms with E-state index in [-0.39, 0.29) is 5.82 Å². The largest absolute Gasteiger partial charge is 0.361 e. The van der Waals surface area contributed by atoms with Gasteiger partial charge in [-0.05, 0) is 53.2 Å². The maximum absolute atomic E-state index is 13.7. The highest BCUT2D eigenvalue weighted by atomic mass is 32.2. The average molecular weight is 433 g/mol. The number of rotatable bonds is 5. The van der Waals surface area contributed by atoms with E-state index in [0.717, 1.165) is 56.7 Å². The first-order valence-corrected chi connectivity index (χ1v) is 11.7. The maximum atomic E-state index is 13.7. The van der Waals surface area contributed by atoms with Gasteiger partial charge in [-0.25, -0.2) is 4.39 Å². The third-order valence-corrected chi connectivity index (χ3v) is 7.67. The van der Waals surface area contributed by atoms with Crippen molar-refractivity contribution in [3.05, 3.63) is 72.2 Å². The molecule has 2 aliphatic rings. The van der Waals surface area contributed by atoms with Crippen molar-refractivity contribution in [3.8, 4) is 0 Å². The van der Waals surface area contributed by atoms with Gasteiger partial charge >= 0.3 is 0 Å². The Balaban J connectivity index is 1.05. The predicted octanol–water partition coefficient (Wildman–Crippen LogP) is 5.11. The summed E-state index contributed by atoms with van der Waals surface area (Å²) in [4.78, 5) is 9.68. The Labute approximate surface area is 185 Å². The lowest BCUT2D eigenvalue weighted by molar-refractivity contribution is 0.130. The summed E-state index contributed by atoms with van der Waals surface area (Å²) in [7, 11) is 0. The molecule has 2 aliphatic heterocycles. The van der Waals surface area contributed by atoms with Crippen LogP contribution in [0, 0.1) is 5.82 Å². The lowest BCUT2D eigenvalue weighted by Gasteiger charge is -2.35. The van der Waals surface area contributed by atoms with Gasteiger partial charge in [0.2, 0.25) is 0 Å². The molecule has 3 aromatic carbocycles. The highest BCUT2D eigenvalue weighted by Gasteiger charge is 2.24. The van der Waals surface area contributed by atoms with Gasteiger partial charge in [0.25, 0.3) is 0 Å². The van der Waals surface area contributed by atoms with Crippen LogP contribution in [0.5, 0.6) is 0 Å². The number of aromatic amines is 1. The third-order valence-electron chi connectivity index (χ3n) is 6.53. The van der Waals surface area contributed by atoms with Gasteiger partial charge in [-0.3, -0.25) is 9.80 Å². The van der Waals surface area contributed by atoms with E-state index in [4.69, 9.17) is 0 Å². The number of anilines is 1. The number of H-pyrrole nitrogens is 1. The van der Waals surface area contributed by atoms with E-state index in [1.807, 2.05) is 24.2 Å². The Morgan fingerprint density at radius 1 is 0.903 bits per heavy atom. The number of hydrogen-bond donors (Lipinski definition) is 1. The Bertz CT molecular complexity index is 1240. The topological polar surface area (TPSA) is 25.5 Å². The van der Waals surface area contributed by atoms with Crippen molar-refractivity contribution < 1.29 is 4.39 Å². The first-order valence-electron chi connectivity index (χ1n) is 10.9. The standard InChI is InChI=1S/C25H25FN4S/c26-20-7-8-22-21(15-20)19(16-27-22)17-29-11-9-28(10-12-29)13-14-30-23-5-1-3-18-4-2-6-24(31-30)25(18)23/h1-8,15-16,27H,9-14,17H2. The molecule has 0 unspecified atom stereocenters. The van der Waals surface area contributed by atoms with Crippen molar-refractivity contribution in [2.75, 3.05) is 43.6 Å². The molecule has 31 heavy (non-hydrogen) atoms. The summed E-state index contributed by atoms with van der Waals surface area (Å²) in [5.41, 5.74) is 3.54. The van der Waals surface area contributed by atoms with Crippen LogP contribution in [0.4, 0.5) is 10.1 Å². The third kappa shape index (κ3) is 3.59. The van der Waals surface area contributed by atoms with Gasteiger partial charge in [0, 0.05) is 73.2 Å². The molecule has 4 nitrogen and oxygen atoms in total. The molecule has 6 rings (SSSR count). The number of fused-ring (bicyclic) bond motifs is 1. The molecule has 158 valence electrons. The fourth-order valence-electron chi connectivity index (χ4n) is 4.83. The van der Waals surface area contributed by atoms with Crippen molar-refractivity contribution in [1.82, 2.24) is 14.8 Å². The number of nitrogens with one attached hydrogen (secondary N) is 1. The summed E-state index contributed by atoms with van der Waals surface area (Å²) < 4.78 is 16.1. The summed E-state index contributed by atoms with van der Waals surface area (Å²) in [5.74, 6) is -0.171. The molecule has 6 heteroatoms. The molecule has 4 aromatic rings. The second-order valence-electron chi connectivity index (χ2n) is 8.45. The van der Waals surface area contributed by atoms with Crippen molar-refractivity contribution >= 4 is 39.3 Å². The summed E-state index contributed by atoms with van der Waals surface area (Å²) in [6, 6.07) is 18.2. The monoisotopic (exact) mass is 432 g/mol. The van der Waals surface area contributed by atoms with E-state index >= 15 is 0 Å². The second kappa shape index (κ2) is 7.86. The minimum atomic E-state index is -0.171. The first-order chi connectivity index (χ1) is 15.2. The second-order valence-corrected chi connectivity index (χ2v) is 9.51. The summed E-state index contributed by atoms with van der Waals surface area (Å²) >= 11 is 1.87. The molecule has 0 bridgehead atoms. The van der Waals surface area contributed by atoms with E-state index in [2.05, 4.69) is 55.5 Å². The quantitative estimate of drug-likeness (QED) is 0.444. The first kappa shape index (κ1) is 19.2. The Morgan fingerprint density at radius 3 is 2.58 bits per heavy atom. The van der Waals surface area contributed by atoms with Crippen molar-refractivity contribution in [1.29, 1.82) is 0 Å².